The maximum Gasteiger partial charge on any atom is 0.338 e. The summed E-state index contributed by atoms with van der Waals surface area (Å²) in [5.41, 5.74) is 4.15. The molecule has 0 fully saturated rings. The van der Waals surface area contributed by atoms with E-state index >= 15 is 0 Å². The minimum atomic E-state index is -0.553. The number of amidine groups is 1. The lowest BCUT2D eigenvalue weighted by atomic mass is 9.91. The number of ether oxygens (including phenoxy) is 2. The Balaban J connectivity index is 1.53. The number of aromatic nitrogens is 1. The molecule has 1 aromatic heterocycles. The first kappa shape index (κ1) is 26.2. The quantitative estimate of drug-likeness (QED) is 0.379. The van der Waals surface area contributed by atoms with Crippen LogP contribution in [0.15, 0.2) is 101 Å². The first-order chi connectivity index (χ1) is 19.1. The van der Waals surface area contributed by atoms with Crippen molar-refractivity contribution in [1.82, 2.24) is 15.2 Å². The molecular weight excluding hydrogens is 512 g/mol. The van der Waals surface area contributed by atoms with E-state index in [0.29, 0.717) is 28.7 Å². The molecule has 1 N–H and O–H groups in total. The van der Waals surface area contributed by atoms with Gasteiger partial charge < -0.3 is 19.7 Å². The number of esters is 1. The van der Waals surface area contributed by atoms with Crippen LogP contribution in [0.1, 0.15) is 36.2 Å². The highest BCUT2D eigenvalue weighted by atomic mass is 32.2. The van der Waals surface area contributed by atoms with Gasteiger partial charge in [0, 0.05) is 17.5 Å². The van der Waals surface area contributed by atoms with E-state index in [0.717, 1.165) is 22.5 Å². The second kappa shape index (κ2) is 12.0. The number of rotatable bonds is 9. The maximum absolute atomic E-state index is 13.6. The summed E-state index contributed by atoms with van der Waals surface area (Å²) in [5.74, 6) is 0.0995. The van der Waals surface area contributed by atoms with Gasteiger partial charge >= 0.3 is 5.97 Å². The van der Waals surface area contributed by atoms with Crippen LogP contribution in [0.4, 0.5) is 0 Å². The number of nitrogens with one attached hydrogen (secondary N) is 1. The highest BCUT2D eigenvalue weighted by molar-refractivity contribution is 8.16. The van der Waals surface area contributed by atoms with E-state index in [1.54, 1.807) is 20.2 Å². The summed E-state index contributed by atoms with van der Waals surface area (Å²) < 4.78 is 10.9. The van der Waals surface area contributed by atoms with Crippen molar-refractivity contribution in [3.05, 3.63) is 112 Å². The van der Waals surface area contributed by atoms with Crippen molar-refractivity contribution in [1.29, 1.82) is 0 Å². The van der Waals surface area contributed by atoms with Crippen molar-refractivity contribution >= 4 is 34.5 Å². The average molecular weight is 541 g/mol. The Morgan fingerprint density at radius 1 is 1.03 bits per heavy atom. The first-order valence-corrected chi connectivity index (χ1v) is 13.5. The van der Waals surface area contributed by atoms with Crippen LogP contribution in [0, 0.1) is 0 Å². The van der Waals surface area contributed by atoms with Crippen LogP contribution in [-0.4, -0.2) is 40.6 Å². The zero-order valence-corrected chi connectivity index (χ0v) is 22.5. The molecule has 0 radical (unpaired) electrons. The van der Waals surface area contributed by atoms with Gasteiger partial charge in [0.25, 0.3) is 0 Å². The minimum absolute atomic E-state index is 0.113. The Bertz CT molecular complexity index is 1440. The number of amides is 1. The Kier molecular flexibility index (Phi) is 8.07. The van der Waals surface area contributed by atoms with Gasteiger partial charge in [0.1, 0.15) is 5.75 Å². The fourth-order valence-corrected chi connectivity index (χ4v) is 5.43. The molecule has 0 saturated carbocycles. The van der Waals surface area contributed by atoms with Crippen LogP contribution in [-0.2, 0) is 20.9 Å². The molecule has 0 aliphatic carbocycles. The molecule has 2 aromatic carbocycles. The van der Waals surface area contributed by atoms with Crippen molar-refractivity contribution in [3.8, 4) is 5.75 Å². The number of benzene rings is 2. The zero-order chi connectivity index (χ0) is 27.2. The fourth-order valence-electron chi connectivity index (χ4n) is 4.51. The van der Waals surface area contributed by atoms with Gasteiger partial charge in [-0.1, -0.05) is 60.3 Å². The number of pyridine rings is 1. The molecule has 8 nitrogen and oxygen atoms in total. The third-order valence-electron chi connectivity index (χ3n) is 6.32. The van der Waals surface area contributed by atoms with Gasteiger partial charge in [-0.3, -0.25) is 9.78 Å². The van der Waals surface area contributed by atoms with Gasteiger partial charge in [-0.2, -0.15) is 0 Å². The molecule has 0 spiro atoms. The average Bonchev–Trinajstić information content (AvgIpc) is 3.38. The number of hydrogen-bond donors (Lipinski definition) is 1. The molecule has 1 unspecified atom stereocenters. The van der Waals surface area contributed by atoms with Gasteiger partial charge in [0.15, 0.2) is 5.17 Å². The SMILES string of the molecule is CCOC(=O)C1=C(c2ccccc2)N=C2SC=C(CC(=O)NCc3ccccn3)N2C1c1ccc(OC)cc1. The number of carbonyl (C=O) groups excluding carboxylic acids is 2. The van der Waals surface area contributed by atoms with Crippen LogP contribution >= 0.6 is 11.8 Å². The summed E-state index contributed by atoms with van der Waals surface area (Å²) in [6.45, 7) is 2.34. The molecule has 2 aliphatic rings. The Labute approximate surface area is 231 Å². The first-order valence-electron chi connectivity index (χ1n) is 12.6. The van der Waals surface area contributed by atoms with Crippen LogP contribution in [0.2, 0.25) is 0 Å². The van der Waals surface area contributed by atoms with E-state index in [1.165, 1.54) is 11.8 Å². The largest absolute Gasteiger partial charge is 0.497 e. The normalized spacial score (nSPS) is 16.3. The molecule has 0 saturated heterocycles. The monoisotopic (exact) mass is 540 g/mol. The van der Waals surface area contributed by atoms with Crippen molar-refractivity contribution < 1.29 is 19.1 Å². The van der Waals surface area contributed by atoms with E-state index in [4.69, 9.17) is 14.5 Å². The van der Waals surface area contributed by atoms with Gasteiger partial charge in [-0.25, -0.2) is 9.79 Å². The molecule has 39 heavy (non-hydrogen) atoms. The number of hydrogen-bond acceptors (Lipinski definition) is 8. The number of thioether (sulfide) groups is 1. The molecule has 1 atom stereocenters. The summed E-state index contributed by atoms with van der Waals surface area (Å²) in [7, 11) is 1.61. The zero-order valence-electron chi connectivity index (χ0n) is 21.7. The summed E-state index contributed by atoms with van der Waals surface area (Å²) >= 11 is 1.43. The summed E-state index contributed by atoms with van der Waals surface area (Å²) in [5, 5.41) is 5.55. The predicted molar refractivity (Wildman–Crippen MR) is 151 cm³/mol. The van der Waals surface area contributed by atoms with E-state index in [1.807, 2.05) is 83.1 Å². The summed E-state index contributed by atoms with van der Waals surface area (Å²) in [6, 6.07) is 22.2. The van der Waals surface area contributed by atoms with E-state index in [2.05, 4.69) is 10.3 Å². The highest BCUT2D eigenvalue weighted by Crippen LogP contribution is 2.47. The topological polar surface area (TPSA) is 93.1 Å². The van der Waals surface area contributed by atoms with Gasteiger partial charge in [-0.15, -0.1) is 0 Å². The van der Waals surface area contributed by atoms with Gasteiger partial charge in [0.2, 0.25) is 5.91 Å². The molecular formula is C30H28N4O4S. The molecule has 2 aliphatic heterocycles. The Hall–Kier alpha value is -4.37. The number of fused-ring (bicyclic) bond motifs is 1. The smallest absolute Gasteiger partial charge is 0.338 e. The number of nitrogens with zero attached hydrogens (tertiary/aromatic N) is 3. The predicted octanol–water partition coefficient (Wildman–Crippen LogP) is 5.07. The van der Waals surface area contributed by atoms with E-state index in [-0.39, 0.29) is 18.9 Å². The lowest BCUT2D eigenvalue weighted by Crippen LogP contribution is -2.38. The third-order valence-corrected chi connectivity index (χ3v) is 7.21. The highest BCUT2D eigenvalue weighted by Gasteiger charge is 2.42. The second-order valence-corrected chi connectivity index (χ2v) is 9.63. The van der Waals surface area contributed by atoms with E-state index in [9.17, 15) is 9.59 Å². The van der Waals surface area contributed by atoms with Gasteiger partial charge in [-0.05, 0) is 42.2 Å². The summed E-state index contributed by atoms with van der Waals surface area (Å²) in [6.07, 6.45) is 1.81. The Morgan fingerprint density at radius 3 is 2.49 bits per heavy atom. The molecule has 3 heterocycles. The van der Waals surface area contributed by atoms with Crippen LogP contribution in [0.5, 0.6) is 5.75 Å². The molecule has 198 valence electrons. The maximum atomic E-state index is 13.6. The Morgan fingerprint density at radius 2 is 1.79 bits per heavy atom. The van der Waals surface area contributed by atoms with Crippen molar-refractivity contribution in [3.63, 3.8) is 0 Å². The molecule has 3 aromatic rings. The number of methoxy groups -OCH3 is 1. The fraction of sp³-hybridized carbons (Fsp3) is 0.200. The second-order valence-electron chi connectivity index (χ2n) is 8.79. The van der Waals surface area contributed by atoms with Gasteiger partial charge in [0.05, 0.1) is 49.7 Å². The van der Waals surface area contributed by atoms with Crippen LogP contribution in [0.3, 0.4) is 0 Å². The molecule has 5 rings (SSSR count). The van der Waals surface area contributed by atoms with Crippen molar-refractivity contribution in [2.75, 3.05) is 13.7 Å². The third kappa shape index (κ3) is 5.73. The molecule has 1 amide bonds. The lowest BCUT2D eigenvalue weighted by Gasteiger charge is -2.36. The number of aliphatic imine (C=N–C) groups is 1. The number of carbonyl (C=O) groups is 2. The van der Waals surface area contributed by atoms with Crippen LogP contribution in [0.25, 0.3) is 5.70 Å². The molecule has 0 bridgehead atoms. The van der Waals surface area contributed by atoms with E-state index < -0.39 is 12.0 Å². The summed E-state index contributed by atoms with van der Waals surface area (Å²) in [4.78, 5) is 37.7. The standard InChI is InChI=1S/C30H28N4O4S/c1-3-38-29(36)26-27(20-9-5-4-6-10-20)33-30-34(28(26)21-12-14-24(37-2)15-13-21)23(19-39-30)17-25(35)32-18-22-11-7-8-16-31-22/h4-16,19,28H,3,17-18H2,1-2H3,(H,32,35). The van der Waals surface area contributed by atoms with Crippen molar-refractivity contribution in [2.24, 2.45) is 4.99 Å². The van der Waals surface area contributed by atoms with Crippen molar-refractivity contribution in [2.45, 2.75) is 25.9 Å². The lowest BCUT2D eigenvalue weighted by molar-refractivity contribution is -0.139. The van der Waals surface area contributed by atoms with Crippen LogP contribution < -0.4 is 10.1 Å². The minimum Gasteiger partial charge on any atom is -0.497 e. The molecule has 9 heteroatoms.